The Morgan fingerprint density at radius 2 is 2.16 bits per heavy atom. The van der Waals surface area contributed by atoms with Gasteiger partial charge in [-0.25, -0.2) is 0 Å². The number of likely N-dealkylation sites (N-methyl/N-ethyl adjacent to an activating group) is 1. The topological polar surface area (TPSA) is 45.4 Å². The van der Waals surface area contributed by atoms with E-state index in [2.05, 4.69) is 40.9 Å². The van der Waals surface area contributed by atoms with Gasteiger partial charge in [-0.1, -0.05) is 13.0 Å². The molecule has 0 amide bonds. The van der Waals surface area contributed by atoms with Crippen LogP contribution in [-0.2, 0) is 6.54 Å². The average Bonchev–Trinajstić information content (AvgIpc) is 2.50. The van der Waals surface area contributed by atoms with Crippen LogP contribution in [0.2, 0.25) is 0 Å². The highest BCUT2D eigenvalue weighted by Gasteiger charge is 2.26. The van der Waals surface area contributed by atoms with Crippen molar-refractivity contribution in [3.63, 3.8) is 0 Å². The lowest BCUT2D eigenvalue weighted by Crippen LogP contribution is -2.41. The second-order valence-corrected chi connectivity index (χ2v) is 5.81. The van der Waals surface area contributed by atoms with Gasteiger partial charge < -0.3 is 10.6 Å². The molecule has 2 N–H and O–H groups in total. The molecule has 2 rings (SSSR count). The minimum Gasteiger partial charge on any atom is -0.330 e. The molecule has 106 valence electrons. The van der Waals surface area contributed by atoms with Crippen LogP contribution in [0.3, 0.4) is 0 Å². The van der Waals surface area contributed by atoms with E-state index in [9.17, 15) is 0 Å². The molecule has 1 saturated heterocycles. The molecule has 1 aliphatic rings. The van der Waals surface area contributed by atoms with Crippen molar-refractivity contribution in [3.05, 3.63) is 30.1 Å². The maximum absolute atomic E-state index is 5.79. The fraction of sp³-hybridized carbons (Fsp3) is 0.667. The van der Waals surface area contributed by atoms with Gasteiger partial charge >= 0.3 is 0 Å². The summed E-state index contributed by atoms with van der Waals surface area (Å²) >= 11 is 0. The Balaban J connectivity index is 2.08. The fourth-order valence-corrected chi connectivity index (χ4v) is 3.05. The van der Waals surface area contributed by atoms with Crippen molar-refractivity contribution in [2.75, 3.05) is 33.2 Å². The normalized spacial score (nSPS) is 26.3. The summed E-state index contributed by atoms with van der Waals surface area (Å²) in [6, 6.07) is 6.69. The zero-order valence-electron chi connectivity index (χ0n) is 12.1. The highest BCUT2D eigenvalue weighted by molar-refractivity contribution is 5.04. The molecule has 1 aromatic heterocycles. The van der Waals surface area contributed by atoms with E-state index in [1.54, 1.807) is 0 Å². The molecule has 0 radical (unpaired) electrons. The lowest BCUT2D eigenvalue weighted by Gasteiger charge is -2.30. The number of nitrogens with zero attached hydrogens (tertiary/aromatic N) is 3. The Hall–Kier alpha value is -0.970. The molecule has 1 fully saturated rings. The van der Waals surface area contributed by atoms with Crippen LogP contribution in [-0.4, -0.2) is 54.1 Å². The van der Waals surface area contributed by atoms with Crippen LogP contribution in [0.1, 0.15) is 19.0 Å². The molecule has 1 aromatic rings. The molecule has 0 spiro atoms. The molecule has 2 atom stereocenters. The maximum Gasteiger partial charge on any atom is 0.0544 e. The molecule has 4 nitrogen and oxygen atoms in total. The first-order valence-corrected chi connectivity index (χ1v) is 7.21. The quantitative estimate of drug-likeness (QED) is 0.885. The molecule has 19 heavy (non-hydrogen) atoms. The van der Waals surface area contributed by atoms with Crippen molar-refractivity contribution in [1.82, 2.24) is 14.8 Å². The van der Waals surface area contributed by atoms with Gasteiger partial charge in [0.15, 0.2) is 0 Å². The van der Waals surface area contributed by atoms with Crippen molar-refractivity contribution >= 4 is 0 Å². The zero-order valence-corrected chi connectivity index (χ0v) is 12.1. The first-order chi connectivity index (χ1) is 9.19. The lowest BCUT2D eigenvalue weighted by atomic mass is 10.1. The van der Waals surface area contributed by atoms with E-state index in [1.807, 2.05) is 12.3 Å². The van der Waals surface area contributed by atoms with Gasteiger partial charge in [-0.2, -0.15) is 0 Å². The van der Waals surface area contributed by atoms with Crippen LogP contribution in [0.15, 0.2) is 24.4 Å². The van der Waals surface area contributed by atoms with Gasteiger partial charge in [-0.05, 0) is 38.1 Å². The minimum atomic E-state index is 0.543. The highest BCUT2D eigenvalue weighted by atomic mass is 15.2. The number of rotatable bonds is 4. The summed E-state index contributed by atoms with van der Waals surface area (Å²) in [6.07, 6.45) is 2.94. The summed E-state index contributed by atoms with van der Waals surface area (Å²) in [7, 11) is 2.21. The molecule has 1 aliphatic heterocycles. The molecule has 0 bridgehead atoms. The van der Waals surface area contributed by atoms with E-state index in [-0.39, 0.29) is 0 Å². The van der Waals surface area contributed by atoms with E-state index in [0.717, 1.165) is 38.3 Å². The average molecular weight is 262 g/mol. The Labute approximate surface area is 116 Å². The van der Waals surface area contributed by atoms with Crippen LogP contribution < -0.4 is 5.73 Å². The summed E-state index contributed by atoms with van der Waals surface area (Å²) in [5, 5.41) is 0. The summed E-state index contributed by atoms with van der Waals surface area (Å²) in [5.74, 6) is 0.691. The molecule has 2 heterocycles. The fourth-order valence-electron chi connectivity index (χ4n) is 3.05. The van der Waals surface area contributed by atoms with Crippen molar-refractivity contribution < 1.29 is 0 Å². The predicted octanol–water partition coefficient (Wildman–Crippen LogP) is 1.18. The third-order valence-electron chi connectivity index (χ3n) is 3.80. The van der Waals surface area contributed by atoms with E-state index in [0.29, 0.717) is 12.0 Å². The molecule has 0 saturated carbocycles. The van der Waals surface area contributed by atoms with Crippen LogP contribution in [0.25, 0.3) is 0 Å². The monoisotopic (exact) mass is 262 g/mol. The van der Waals surface area contributed by atoms with Crippen LogP contribution >= 0.6 is 0 Å². The SMILES string of the molecule is CC1CN(C)CC(CCN)N(Cc2ccccn2)C1. The smallest absolute Gasteiger partial charge is 0.0544 e. The summed E-state index contributed by atoms with van der Waals surface area (Å²) in [4.78, 5) is 9.45. The maximum atomic E-state index is 5.79. The largest absolute Gasteiger partial charge is 0.330 e. The Bertz CT molecular complexity index is 368. The van der Waals surface area contributed by atoms with Crippen molar-refractivity contribution in [2.24, 2.45) is 11.7 Å². The molecule has 4 heteroatoms. The highest BCUT2D eigenvalue weighted by Crippen LogP contribution is 2.17. The second kappa shape index (κ2) is 6.98. The number of nitrogens with two attached hydrogens (primary N) is 1. The van der Waals surface area contributed by atoms with Gasteiger partial charge in [0.2, 0.25) is 0 Å². The lowest BCUT2D eigenvalue weighted by molar-refractivity contribution is 0.165. The summed E-state index contributed by atoms with van der Waals surface area (Å²) in [6.45, 7) is 7.42. The number of pyridine rings is 1. The van der Waals surface area contributed by atoms with E-state index < -0.39 is 0 Å². The van der Waals surface area contributed by atoms with Gasteiger partial charge in [0.05, 0.1) is 5.69 Å². The van der Waals surface area contributed by atoms with E-state index in [1.165, 1.54) is 6.54 Å². The predicted molar refractivity (Wildman–Crippen MR) is 78.8 cm³/mol. The van der Waals surface area contributed by atoms with E-state index >= 15 is 0 Å². The third-order valence-corrected chi connectivity index (χ3v) is 3.80. The molecule has 0 aliphatic carbocycles. The van der Waals surface area contributed by atoms with E-state index in [4.69, 9.17) is 5.73 Å². The van der Waals surface area contributed by atoms with Gasteiger partial charge in [-0.15, -0.1) is 0 Å². The third kappa shape index (κ3) is 4.27. The standard InChI is InChI=1S/C15H26N4/c1-13-9-18(2)12-15(6-7-16)19(10-13)11-14-5-3-4-8-17-14/h3-5,8,13,15H,6-7,9-12,16H2,1-2H3. The molecule has 0 aromatic carbocycles. The van der Waals surface area contributed by atoms with Crippen LogP contribution in [0.5, 0.6) is 0 Å². The van der Waals surface area contributed by atoms with Gasteiger partial charge in [0, 0.05) is 38.4 Å². The van der Waals surface area contributed by atoms with Gasteiger partial charge in [-0.3, -0.25) is 9.88 Å². The Kier molecular flexibility index (Phi) is 5.31. The summed E-state index contributed by atoms with van der Waals surface area (Å²) < 4.78 is 0. The number of hydrogen-bond acceptors (Lipinski definition) is 4. The number of aromatic nitrogens is 1. The van der Waals surface area contributed by atoms with Crippen molar-refractivity contribution in [1.29, 1.82) is 0 Å². The minimum absolute atomic E-state index is 0.543. The van der Waals surface area contributed by atoms with Gasteiger partial charge in [0.1, 0.15) is 0 Å². The van der Waals surface area contributed by atoms with Crippen molar-refractivity contribution in [3.8, 4) is 0 Å². The summed E-state index contributed by atoms with van der Waals surface area (Å²) in [5.41, 5.74) is 6.94. The van der Waals surface area contributed by atoms with Crippen molar-refractivity contribution in [2.45, 2.75) is 25.9 Å². The first kappa shape index (κ1) is 14.4. The number of hydrogen-bond donors (Lipinski definition) is 1. The van der Waals surface area contributed by atoms with Crippen LogP contribution in [0, 0.1) is 5.92 Å². The first-order valence-electron chi connectivity index (χ1n) is 7.21. The Morgan fingerprint density at radius 1 is 1.32 bits per heavy atom. The zero-order chi connectivity index (χ0) is 13.7. The molecular weight excluding hydrogens is 236 g/mol. The molecular formula is C15H26N4. The van der Waals surface area contributed by atoms with Gasteiger partial charge in [0.25, 0.3) is 0 Å². The van der Waals surface area contributed by atoms with Crippen LogP contribution in [0.4, 0.5) is 0 Å². The molecule has 2 unspecified atom stereocenters. The Morgan fingerprint density at radius 3 is 2.84 bits per heavy atom. The second-order valence-electron chi connectivity index (χ2n) is 5.81.